The Bertz CT molecular complexity index is 685. The second-order valence-electron chi connectivity index (χ2n) is 5.89. The SMILES string of the molecule is OCCC1CCCCN1c1nccc2c(C(F)(F)F)cccc12. The lowest BCUT2D eigenvalue weighted by atomic mass is 9.98. The molecule has 0 aliphatic carbocycles. The maximum absolute atomic E-state index is 13.2. The van der Waals surface area contributed by atoms with Crippen molar-refractivity contribution in [2.75, 3.05) is 18.1 Å². The molecule has 2 aromatic rings. The molecular formula is C17H19F3N2O. The number of pyridine rings is 1. The molecule has 0 spiro atoms. The molecule has 1 aromatic heterocycles. The number of fused-ring (bicyclic) bond motifs is 1. The number of hydrogen-bond acceptors (Lipinski definition) is 3. The van der Waals surface area contributed by atoms with Crippen LogP contribution in [0.1, 0.15) is 31.2 Å². The van der Waals surface area contributed by atoms with Crippen LogP contribution in [0, 0.1) is 0 Å². The number of rotatable bonds is 3. The highest BCUT2D eigenvalue weighted by molar-refractivity contribution is 5.94. The Balaban J connectivity index is 2.11. The molecule has 1 N–H and O–H groups in total. The number of piperidine rings is 1. The Morgan fingerprint density at radius 3 is 2.74 bits per heavy atom. The van der Waals surface area contributed by atoms with Gasteiger partial charge in [-0.15, -0.1) is 0 Å². The molecule has 3 rings (SSSR count). The Morgan fingerprint density at radius 2 is 2.00 bits per heavy atom. The van der Waals surface area contributed by atoms with Crippen LogP contribution >= 0.6 is 0 Å². The molecule has 6 heteroatoms. The van der Waals surface area contributed by atoms with Crippen molar-refractivity contribution in [2.45, 2.75) is 37.9 Å². The average molecular weight is 324 g/mol. The van der Waals surface area contributed by atoms with Gasteiger partial charge in [-0.3, -0.25) is 0 Å². The van der Waals surface area contributed by atoms with Crippen LogP contribution in [0.2, 0.25) is 0 Å². The molecule has 1 aliphatic heterocycles. The zero-order chi connectivity index (χ0) is 16.4. The first kappa shape index (κ1) is 16.1. The third-order valence-electron chi connectivity index (χ3n) is 4.45. The lowest BCUT2D eigenvalue weighted by Crippen LogP contribution is -2.40. The van der Waals surface area contributed by atoms with Crippen molar-refractivity contribution in [3.8, 4) is 0 Å². The first-order chi connectivity index (χ1) is 11.0. The first-order valence-corrected chi connectivity index (χ1v) is 7.85. The van der Waals surface area contributed by atoms with Crippen LogP contribution in [0.5, 0.6) is 0 Å². The highest BCUT2D eigenvalue weighted by Crippen LogP contribution is 2.38. The second kappa shape index (κ2) is 6.35. The molecular weight excluding hydrogens is 305 g/mol. The summed E-state index contributed by atoms with van der Waals surface area (Å²) in [7, 11) is 0. The van der Waals surface area contributed by atoms with E-state index < -0.39 is 11.7 Å². The molecule has 1 unspecified atom stereocenters. The Morgan fingerprint density at radius 1 is 1.17 bits per heavy atom. The fourth-order valence-corrected chi connectivity index (χ4v) is 3.40. The predicted molar refractivity (Wildman–Crippen MR) is 83.4 cm³/mol. The van der Waals surface area contributed by atoms with Gasteiger partial charge in [0.1, 0.15) is 5.82 Å². The minimum atomic E-state index is -4.38. The number of hydrogen-bond donors (Lipinski definition) is 1. The van der Waals surface area contributed by atoms with Crippen molar-refractivity contribution in [3.05, 3.63) is 36.0 Å². The molecule has 124 valence electrons. The van der Waals surface area contributed by atoms with Crippen LogP contribution in [0.25, 0.3) is 10.8 Å². The second-order valence-corrected chi connectivity index (χ2v) is 5.89. The fraction of sp³-hybridized carbons (Fsp3) is 0.471. The van der Waals surface area contributed by atoms with Gasteiger partial charge in [0.2, 0.25) is 0 Å². The van der Waals surface area contributed by atoms with Crippen molar-refractivity contribution in [3.63, 3.8) is 0 Å². The molecule has 1 saturated heterocycles. The summed E-state index contributed by atoms with van der Waals surface area (Å²) in [6.07, 6.45) is 0.648. The van der Waals surface area contributed by atoms with Gasteiger partial charge in [-0.2, -0.15) is 13.2 Å². The van der Waals surface area contributed by atoms with Crippen LogP contribution in [0.3, 0.4) is 0 Å². The molecule has 0 bridgehead atoms. The van der Waals surface area contributed by atoms with Gasteiger partial charge >= 0.3 is 6.18 Å². The van der Waals surface area contributed by atoms with Gasteiger partial charge < -0.3 is 10.0 Å². The zero-order valence-electron chi connectivity index (χ0n) is 12.7. The number of aliphatic hydroxyl groups is 1. The molecule has 0 saturated carbocycles. The highest BCUT2D eigenvalue weighted by Gasteiger charge is 2.33. The van der Waals surface area contributed by atoms with Crippen molar-refractivity contribution in [1.82, 2.24) is 4.98 Å². The van der Waals surface area contributed by atoms with Gasteiger partial charge in [0.05, 0.1) is 5.56 Å². The summed E-state index contributed by atoms with van der Waals surface area (Å²) >= 11 is 0. The van der Waals surface area contributed by atoms with Gasteiger partial charge in [-0.1, -0.05) is 12.1 Å². The number of anilines is 1. The summed E-state index contributed by atoms with van der Waals surface area (Å²) in [5.74, 6) is 0.590. The summed E-state index contributed by atoms with van der Waals surface area (Å²) in [5.41, 5.74) is -0.630. The van der Waals surface area contributed by atoms with Crippen LogP contribution in [0.15, 0.2) is 30.5 Å². The number of aliphatic hydroxyl groups excluding tert-OH is 1. The summed E-state index contributed by atoms with van der Waals surface area (Å²) in [6, 6.07) is 5.78. The van der Waals surface area contributed by atoms with E-state index in [-0.39, 0.29) is 18.0 Å². The van der Waals surface area contributed by atoms with E-state index >= 15 is 0 Å². The van der Waals surface area contributed by atoms with Crippen LogP contribution in [0.4, 0.5) is 19.0 Å². The van der Waals surface area contributed by atoms with E-state index in [1.807, 2.05) is 0 Å². The average Bonchev–Trinajstić information content (AvgIpc) is 2.54. The molecule has 2 heterocycles. The summed E-state index contributed by atoms with van der Waals surface area (Å²) in [4.78, 5) is 6.42. The first-order valence-electron chi connectivity index (χ1n) is 7.85. The van der Waals surface area contributed by atoms with Crippen molar-refractivity contribution in [2.24, 2.45) is 0 Å². The van der Waals surface area contributed by atoms with Crippen molar-refractivity contribution < 1.29 is 18.3 Å². The highest BCUT2D eigenvalue weighted by atomic mass is 19.4. The van der Waals surface area contributed by atoms with E-state index in [0.717, 1.165) is 31.9 Å². The molecule has 1 fully saturated rings. The smallest absolute Gasteiger partial charge is 0.396 e. The predicted octanol–water partition coefficient (Wildman–Crippen LogP) is 3.99. The molecule has 1 atom stereocenters. The fourth-order valence-electron chi connectivity index (χ4n) is 3.40. The minimum absolute atomic E-state index is 0.0692. The summed E-state index contributed by atoms with van der Waals surface area (Å²) < 4.78 is 39.7. The molecule has 3 nitrogen and oxygen atoms in total. The number of aromatic nitrogens is 1. The van der Waals surface area contributed by atoms with Crippen molar-refractivity contribution in [1.29, 1.82) is 0 Å². The molecule has 1 aromatic carbocycles. The van der Waals surface area contributed by atoms with E-state index in [4.69, 9.17) is 0 Å². The van der Waals surface area contributed by atoms with Gasteiger partial charge in [-0.05, 0) is 43.2 Å². The number of nitrogens with zero attached hydrogens (tertiary/aromatic N) is 2. The third kappa shape index (κ3) is 3.13. The Labute approximate surface area is 132 Å². The molecule has 23 heavy (non-hydrogen) atoms. The lowest BCUT2D eigenvalue weighted by molar-refractivity contribution is -0.136. The molecule has 0 amide bonds. The maximum atomic E-state index is 13.2. The van der Waals surface area contributed by atoms with Crippen LogP contribution in [-0.2, 0) is 6.18 Å². The standard InChI is InChI=1S/C17H19F3N2O/c18-17(19,20)15-6-3-5-14-13(15)7-9-21-16(14)22-10-2-1-4-12(22)8-11-23/h3,5-7,9,12,23H,1-2,4,8,10-11H2. The Kier molecular flexibility index (Phi) is 4.43. The van der Waals surface area contributed by atoms with E-state index in [1.54, 1.807) is 6.07 Å². The Hall–Kier alpha value is -1.82. The minimum Gasteiger partial charge on any atom is -0.396 e. The monoisotopic (exact) mass is 324 g/mol. The maximum Gasteiger partial charge on any atom is 0.417 e. The van der Waals surface area contributed by atoms with Gasteiger partial charge in [0.15, 0.2) is 0 Å². The van der Waals surface area contributed by atoms with Crippen LogP contribution in [-0.4, -0.2) is 29.3 Å². The third-order valence-corrected chi connectivity index (χ3v) is 4.45. The summed E-state index contributed by atoms with van der Waals surface area (Å²) in [6.45, 7) is 0.826. The summed E-state index contributed by atoms with van der Waals surface area (Å²) in [5, 5.41) is 9.95. The quantitative estimate of drug-likeness (QED) is 0.927. The molecule has 0 radical (unpaired) electrons. The van der Waals surface area contributed by atoms with E-state index in [1.165, 1.54) is 18.3 Å². The van der Waals surface area contributed by atoms with E-state index in [2.05, 4.69) is 9.88 Å². The van der Waals surface area contributed by atoms with Crippen molar-refractivity contribution >= 4 is 16.6 Å². The van der Waals surface area contributed by atoms with E-state index in [0.29, 0.717) is 17.6 Å². The van der Waals surface area contributed by atoms with Gasteiger partial charge in [0, 0.05) is 30.8 Å². The number of halogens is 3. The van der Waals surface area contributed by atoms with Gasteiger partial charge in [0.25, 0.3) is 0 Å². The largest absolute Gasteiger partial charge is 0.417 e. The molecule has 1 aliphatic rings. The van der Waals surface area contributed by atoms with E-state index in [9.17, 15) is 18.3 Å². The van der Waals surface area contributed by atoms with Gasteiger partial charge in [-0.25, -0.2) is 4.98 Å². The zero-order valence-corrected chi connectivity index (χ0v) is 12.7. The number of benzene rings is 1. The number of alkyl halides is 3. The van der Waals surface area contributed by atoms with Crippen LogP contribution < -0.4 is 4.90 Å². The normalized spacial score (nSPS) is 19.3. The lowest BCUT2D eigenvalue weighted by Gasteiger charge is -2.37. The topological polar surface area (TPSA) is 36.4 Å².